The molecule has 3 atom stereocenters. The van der Waals surface area contributed by atoms with E-state index in [0.717, 1.165) is 33.6 Å². The average molecular weight is 360 g/mol. The Balaban J connectivity index is 1.81. The summed E-state index contributed by atoms with van der Waals surface area (Å²) >= 11 is 0. The Hall–Kier alpha value is -2.55. The zero-order valence-electron chi connectivity index (χ0n) is 16.7. The fourth-order valence-electron chi connectivity index (χ4n) is 5.64. The van der Waals surface area contributed by atoms with Gasteiger partial charge in [0.15, 0.2) is 5.41 Å². The van der Waals surface area contributed by atoms with Crippen molar-refractivity contribution in [2.75, 3.05) is 0 Å². The molecule has 138 valence electrons. The first-order valence-corrected chi connectivity index (χ1v) is 9.52. The highest BCUT2D eigenvalue weighted by Gasteiger charge is 2.68. The molecule has 1 spiro atoms. The Morgan fingerprint density at radius 2 is 1.44 bits per heavy atom. The van der Waals surface area contributed by atoms with E-state index in [4.69, 9.17) is 9.47 Å². The van der Waals surface area contributed by atoms with Crippen LogP contribution in [0.5, 0.6) is 11.5 Å². The third kappa shape index (κ3) is 1.75. The van der Waals surface area contributed by atoms with Crippen LogP contribution in [0.2, 0.25) is 0 Å². The molecule has 0 unspecified atom stereocenters. The topological polar surface area (TPSA) is 35.5 Å². The lowest BCUT2D eigenvalue weighted by Crippen LogP contribution is -2.50. The van der Waals surface area contributed by atoms with Crippen molar-refractivity contribution in [1.82, 2.24) is 0 Å². The lowest BCUT2D eigenvalue weighted by atomic mass is 9.68. The zero-order valence-corrected chi connectivity index (χ0v) is 16.7. The van der Waals surface area contributed by atoms with Crippen LogP contribution < -0.4 is 9.47 Å². The van der Waals surface area contributed by atoms with E-state index >= 15 is 0 Å². The van der Waals surface area contributed by atoms with Gasteiger partial charge in [0.1, 0.15) is 17.6 Å². The number of benzene rings is 2. The van der Waals surface area contributed by atoms with Crippen LogP contribution in [-0.2, 0) is 15.6 Å². The summed E-state index contributed by atoms with van der Waals surface area (Å²) in [7, 11) is 0. The predicted octanol–water partition coefficient (Wildman–Crippen LogP) is 4.76. The van der Waals surface area contributed by atoms with Crippen molar-refractivity contribution >= 4 is 5.97 Å². The normalized spacial score (nSPS) is 29.9. The first-order valence-electron chi connectivity index (χ1n) is 9.52. The maximum Gasteiger partial charge on any atom is 0.330 e. The van der Waals surface area contributed by atoms with Gasteiger partial charge < -0.3 is 9.47 Å². The number of fused-ring (bicyclic) bond motifs is 6. The largest absolute Gasteiger partial charge is 0.487 e. The smallest absolute Gasteiger partial charge is 0.330 e. The molecule has 2 aromatic carbocycles. The fraction of sp³-hybridized carbons (Fsp3) is 0.375. The molecule has 1 aliphatic carbocycles. The predicted molar refractivity (Wildman–Crippen MR) is 105 cm³/mol. The van der Waals surface area contributed by atoms with Crippen molar-refractivity contribution in [2.45, 2.75) is 58.5 Å². The molecule has 0 saturated heterocycles. The molecule has 2 aromatic rings. The molecule has 3 nitrogen and oxygen atoms in total. The first kappa shape index (κ1) is 16.6. The summed E-state index contributed by atoms with van der Waals surface area (Å²) in [6.45, 7) is 12.5. The molecule has 0 radical (unpaired) electrons. The van der Waals surface area contributed by atoms with E-state index in [0.29, 0.717) is 5.75 Å². The maximum atomic E-state index is 13.4. The quantitative estimate of drug-likeness (QED) is 0.386. The molecule has 27 heavy (non-hydrogen) atoms. The number of rotatable bonds is 0. The Labute approximate surface area is 160 Å². The summed E-state index contributed by atoms with van der Waals surface area (Å²) in [5, 5.41) is 0. The molecule has 0 fully saturated rings. The van der Waals surface area contributed by atoms with Gasteiger partial charge in [0.2, 0.25) is 0 Å². The van der Waals surface area contributed by atoms with Crippen molar-refractivity contribution < 1.29 is 14.3 Å². The summed E-state index contributed by atoms with van der Waals surface area (Å²) in [6, 6.07) is 8.51. The molecule has 0 N–H and O–H groups in total. The van der Waals surface area contributed by atoms with E-state index in [1.807, 2.05) is 13.8 Å². The highest BCUT2D eigenvalue weighted by Crippen LogP contribution is 2.62. The van der Waals surface area contributed by atoms with Gasteiger partial charge in [-0.05, 0) is 52.7 Å². The van der Waals surface area contributed by atoms with Crippen molar-refractivity contribution in [3.63, 3.8) is 0 Å². The number of ether oxygens (including phenoxy) is 2. The van der Waals surface area contributed by atoms with Crippen LogP contribution in [-0.4, -0.2) is 12.1 Å². The van der Waals surface area contributed by atoms with Crippen LogP contribution in [0.3, 0.4) is 0 Å². The molecule has 2 heterocycles. The monoisotopic (exact) mass is 360 g/mol. The van der Waals surface area contributed by atoms with Crippen LogP contribution in [0.25, 0.3) is 0 Å². The molecular formula is C24H24O3. The zero-order chi connectivity index (χ0) is 19.3. The summed E-state index contributed by atoms with van der Waals surface area (Å²) in [4.78, 5) is 13.4. The van der Waals surface area contributed by atoms with E-state index in [1.165, 1.54) is 11.1 Å². The molecule has 0 bridgehead atoms. The SMILES string of the molecule is CC1=C[C@@]2(C)c3cc(C)cc(C)c3O[C@H]2[C@@]12C(=O)Oc1c(C)cc(C)cc12. The van der Waals surface area contributed by atoms with Crippen LogP contribution >= 0.6 is 0 Å². The lowest BCUT2D eigenvalue weighted by molar-refractivity contribution is -0.140. The van der Waals surface area contributed by atoms with Gasteiger partial charge in [-0.2, -0.15) is 0 Å². The molecule has 3 aliphatic rings. The number of esters is 1. The van der Waals surface area contributed by atoms with Gasteiger partial charge in [-0.1, -0.05) is 47.0 Å². The summed E-state index contributed by atoms with van der Waals surface area (Å²) in [5.41, 5.74) is 6.38. The molecule has 0 saturated carbocycles. The maximum absolute atomic E-state index is 13.4. The number of aryl methyl sites for hydroxylation is 4. The van der Waals surface area contributed by atoms with Gasteiger partial charge in [-0.25, -0.2) is 0 Å². The van der Waals surface area contributed by atoms with Crippen LogP contribution in [0.1, 0.15) is 47.2 Å². The van der Waals surface area contributed by atoms with Crippen molar-refractivity contribution in [3.8, 4) is 11.5 Å². The Morgan fingerprint density at radius 3 is 2.11 bits per heavy atom. The van der Waals surface area contributed by atoms with Gasteiger partial charge in [-0.15, -0.1) is 0 Å². The van der Waals surface area contributed by atoms with Crippen molar-refractivity contribution in [1.29, 1.82) is 0 Å². The van der Waals surface area contributed by atoms with Crippen molar-refractivity contribution in [2.24, 2.45) is 0 Å². The lowest BCUT2D eigenvalue weighted by Gasteiger charge is -2.33. The van der Waals surface area contributed by atoms with Gasteiger partial charge in [0, 0.05) is 11.1 Å². The van der Waals surface area contributed by atoms with Crippen LogP contribution in [0.4, 0.5) is 0 Å². The molecule has 0 amide bonds. The number of hydrogen-bond acceptors (Lipinski definition) is 3. The second-order valence-electron chi connectivity index (χ2n) is 8.72. The minimum atomic E-state index is -0.875. The second-order valence-corrected chi connectivity index (χ2v) is 8.72. The highest BCUT2D eigenvalue weighted by molar-refractivity contribution is 5.97. The summed E-state index contributed by atoms with van der Waals surface area (Å²) < 4.78 is 12.4. The van der Waals surface area contributed by atoms with E-state index in [1.54, 1.807) is 0 Å². The molecule has 5 rings (SSSR count). The second kappa shape index (κ2) is 4.83. The van der Waals surface area contributed by atoms with E-state index in [2.05, 4.69) is 58.0 Å². The number of carbonyl (C=O) groups excluding carboxylic acids is 1. The molecular weight excluding hydrogens is 336 g/mol. The standard InChI is InChI=1S/C24H24O3/c1-12-7-14(3)19-17(9-12)23(6)11-16(5)24(21(23)26-19)18-10-13(2)8-15(4)20(18)27-22(24)25/h7-11,21H,1-6H3/t21-,23+,24-/m1/s1. The van der Waals surface area contributed by atoms with E-state index in [-0.39, 0.29) is 17.5 Å². The van der Waals surface area contributed by atoms with E-state index < -0.39 is 5.41 Å². The summed E-state index contributed by atoms with van der Waals surface area (Å²) in [6.07, 6.45) is 1.91. The fourth-order valence-corrected chi connectivity index (χ4v) is 5.64. The third-order valence-corrected chi connectivity index (χ3v) is 6.67. The Kier molecular flexibility index (Phi) is 2.97. The Bertz CT molecular complexity index is 1080. The number of carbonyl (C=O) groups is 1. The molecule has 3 heteroatoms. The van der Waals surface area contributed by atoms with Crippen LogP contribution in [0, 0.1) is 27.7 Å². The average Bonchev–Trinajstić information content (AvgIpc) is 3.09. The van der Waals surface area contributed by atoms with Gasteiger partial charge in [-0.3, -0.25) is 4.79 Å². The van der Waals surface area contributed by atoms with Crippen molar-refractivity contribution in [3.05, 3.63) is 69.3 Å². The highest BCUT2D eigenvalue weighted by atomic mass is 16.6. The van der Waals surface area contributed by atoms with Gasteiger partial charge in [0.25, 0.3) is 0 Å². The molecule has 2 aliphatic heterocycles. The number of hydrogen-bond donors (Lipinski definition) is 0. The minimum absolute atomic E-state index is 0.212. The van der Waals surface area contributed by atoms with Crippen LogP contribution in [0.15, 0.2) is 35.9 Å². The first-order chi connectivity index (χ1) is 12.7. The van der Waals surface area contributed by atoms with E-state index in [9.17, 15) is 4.79 Å². The van der Waals surface area contributed by atoms with Gasteiger partial charge in [0.05, 0.1) is 5.41 Å². The minimum Gasteiger partial charge on any atom is -0.487 e. The van der Waals surface area contributed by atoms with Gasteiger partial charge >= 0.3 is 5.97 Å². The summed E-state index contributed by atoms with van der Waals surface area (Å²) in [5.74, 6) is 1.41. The molecule has 0 aromatic heterocycles. The Morgan fingerprint density at radius 1 is 0.852 bits per heavy atom. The third-order valence-electron chi connectivity index (χ3n) is 6.67.